The van der Waals surface area contributed by atoms with Crippen molar-refractivity contribution in [2.75, 3.05) is 44.2 Å². The van der Waals surface area contributed by atoms with Crippen LogP contribution in [0, 0.1) is 10.8 Å². The van der Waals surface area contributed by atoms with Gasteiger partial charge in [0.05, 0.1) is 6.61 Å². The first-order valence-electron chi connectivity index (χ1n) is 9.41. The normalized spacial score (nSPS) is 28.2. The maximum absolute atomic E-state index is 12.4. The molecule has 0 bridgehead atoms. The molecule has 5 heteroatoms. The monoisotopic (exact) mass is 345 g/mol. The van der Waals surface area contributed by atoms with Crippen molar-refractivity contribution in [3.8, 4) is 5.75 Å². The third-order valence-electron chi connectivity index (χ3n) is 5.94. The van der Waals surface area contributed by atoms with E-state index >= 15 is 0 Å². The Bertz CT molecular complexity index is 598. The molecule has 1 N–H and O–H groups in total. The number of carbonyl (C=O) groups is 1. The van der Waals surface area contributed by atoms with Crippen molar-refractivity contribution in [1.29, 1.82) is 0 Å². The van der Waals surface area contributed by atoms with E-state index < -0.39 is 0 Å². The average molecular weight is 345 g/mol. The fraction of sp³-hybridized carbons (Fsp3) is 0.650. The lowest BCUT2D eigenvalue weighted by Gasteiger charge is -2.29. The number of nitrogens with one attached hydrogen (secondary N) is 1. The Hall–Kier alpha value is -1.91. The van der Waals surface area contributed by atoms with Gasteiger partial charge in [0, 0.05) is 49.2 Å². The van der Waals surface area contributed by atoms with Gasteiger partial charge in [0.1, 0.15) is 5.75 Å². The molecule has 2 saturated heterocycles. The van der Waals surface area contributed by atoms with Crippen LogP contribution >= 0.6 is 0 Å². The number of carbonyl (C=O) groups excluding carboxylic acids is 1. The van der Waals surface area contributed by atoms with Gasteiger partial charge in [-0.1, -0.05) is 20.8 Å². The van der Waals surface area contributed by atoms with Crippen LogP contribution in [0.2, 0.25) is 0 Å². The first kappa shape index (κ1) is 17.9. The first-order valence-corrected chi connectivity index (χ1v) is 9.41. The van der Waals surface area contributed by atoms with Gasteiger partial charge in [-0.2, -0.15) is 0 Å². The number of fused-ring (bicyclic) bond motifs is 1. The van der Waals surface area contributed by atoms with Crippen LogP contribution < -0.4 is 15.0 Å². The number of hydrogen-bond donors (Lipinski definition) is 1. The first-order chi connectivity index (χ1) is 11.9. The molecule has 0 aliphatic carbocycles. The number of ether oxygens (including phenoxy) is 1. The van der Waals surface area contributed by atoms with Gasteiger partial charge in [-0.3, -0.25) is 0 Å². The highest BCUT2D eigenvalue weighted by Crippen LogP contribution is 2.52. The molecule has 0 unspecified atom stereocenters. The molecule has 25 heavy (non-hydrogen) atoms. The van der Waals surface area contributed by atoms with Crippen molar-refractivity contribution in [2.45, 2.75) is 34.1 Å². The molecule has 2 atom stereocenters. The van der Waals surface area contributed by atoms with Crippen molar-refractivity contribution >= 4 is 11.7 Å². The lowest BCUT2D eigenvalue weighted by Crippen LogP contribution is -2.42. The zero-order valence-corrected chi connectivity index (χ0v) is 16.0. The molecule has 0 saturated carbocycles. The molecule has 1 aromatic rings. The van der Waals surface area contributed by atoms with Gasteiger partial charge in [0.25, 0.3) is 0 Å². The van der Waals surface area contributed by atoms with E-state index in [1.54, 1.807) is 0 Å². The van der Waals surface area contributed by atoms with Crippen molar-refractivity contribution in [2.24, 2.45) is 10.8 Å². The van der Waals surface area contributed by atoms with Crippen LogP contribution in [0.1, 0.15) is 34.1 Å². The quantitative estimate of drug-likeness (QED) is 0.890. The lowest BCUT2D eigenvalue weighted by molar-refractivity contribution is 0.202. The molecule has 0 radical (unpaired) electrons. The number of rotatable bonds is 5. The zero-order chi connectivity index (χ0) is 18.1. The van der Waals surface area contributed by atoms with Gasteiger partial charge in [0.15, 0.2) is 0 Å². The van der Waals surface area contributed by atoms with E-state index in [2.05, 4.69) is 43.1 Å². The van der Waals surface area contributed by atoms with Crippen LogP contribution in [0.25, 0.3) is 0 Å². The maximum atomic E-state index is 12.4. The smallest absolute Gasteiger partial charge is 0.317 e. The summed E-state index contributed by atoms with van der Waals surface area (Å²) >= 11 is 0. The summed E-state index contributed by atoms with van der Waals surface area (Å²) in [5.74, 6) is 0.918. The molecule has 2 heterocycles. The van der Waals surface area contributed by atoms with Crippen molar-refractivity contribution in [1.82, 2.24) is 10.2 Å². The Balaban J connectivity index is 1.68. The minimum Gasteiger partial charge on any atom is -0.494 e. The molecule has 0 aromatic heterocycles. The molecule has 2 aliphatic rings. The number of amides is 2. The van der Waals surface area contributed by atoms with Crippen LogP contribution in [0.3, 0.4) is 0 Å². The Morgan fingerprint density at radius 1 is 1.08 bits per heavy atom. The van der Waals surface area contributed by atoms with Crippen molar-refractivity contribution in [3.63, 3.8) is 0 Å². The van der Waals surface area contributed by atoms with Crippen LogP contribution in [0.15, 0.2) is 24.3 Å². The summed E-state index contributed by atoms with van der Waals surface area (Å²) in [5, 5.41) is 3.02. The Morgan fingerprint density at radius 2 is 1.68 bits per heavy atom. The second-order valence-electron chi connectivity index (χ2n) is 7.99. The Labute approximate surface area is 151 Å². The summed E-state index contributed by atoms with van der Waals surface area (Å²) in [7, 11) is 0. The summed E-state index contributed by atoms with van der Waals surface area (Å²) < 4.78 is 5.54. The van der Waals surface area contributed by atoms with Gasteiger partial charge >= 0.3 is 6.03 Å². The van der Waals surface area contributed by atoms with E-state index in [1.807, 2.05) is 24.0 Å². The molecule has 5 nitrogen and oxygen atoms in total. The number of anilines is 1. The summed E-state index contributed by atoms with van der Waals surface area (Å²) in [5.41, 5.74) is 1.48. The zero-order valence-electron chi connectivity index (χ0n) is 16.0. The number of hydrogen-bond acceptors (Lipinski definition) is 3. The Kier molecular flexibility index (Phi) is 4.85. The largest absolute Gasteiger partial charge is 0.494 e. The number of benzene rings is 1. The molecule has 2 fully saturated rings. The fourth-order valence-corrected chi connectivity index (χ4v) is 4.25. The van der Waals surface area contributed by atoms with Gasteiger partial charge in [-0.05, 0) is 37.6 Å². The van der Waals surface area contributed by atoms with E-state index in [9.17, 15) is 4.79 Å². The maximum Gasteiger partial charge on any atom is 0.317 e. The van der Waals surface area contributed by atoms with Gasteiger partial charge in [-0.15, -0.1) is 0 Å². The minimum atomic E-state index is 0.0892. The van der Waals surface area contributed by atoms with Crippen LogP contribution in [0.5, 0.6) is 5.75 Å². The van der Waals surface area contributed by atoms with E-state index in [0.717, 1.165) is 44.9 Å². The molecular formula is C20H31N3O2. The summed E-state index contributed by atoms with van der Waals surface area (Å²) in [6, 6.07) is 8.46. The molecular weight excluding hydrogens is 314 g/mol. The van der Waals surface area contributed by atoms with E-state index in [-0.39, 0.29) is 16.9 Å². The third-order valence-corrected chi connectivity index (χ3v) is 5.94. The summed E-state index contributed by atoms with van der Waals surface area (Å²) in [4.78, 5) is 16.8. The SMILES string of the molecule is CCCNC(=O)N1C[C@@]2(C)CN(c3ccc(OCC)cc3)C[C@@]2(C)C1. The summed E-state index contributed by atoms with van der Waals surface area (Å²) in [6.45, 7) is 13.8. The second kappa shape index (κ2) is 6.77. The highest BCUT2D eigenvalue weighted by atomic mass is 16.5. The van der Waals surface area contributed by atoms with Gasteiger partial charge in [0.2, 0.25) is 0 Å². The van der Waals surface area contributed by atoms with Gasteiger partial charge < -0.3 is 19.9 Å². The van der Waals surface area contributed by atoms with E-state index in [1.165, 1.54) is 5.69 Å². The number of urea groups is 1. The molecule has 3 rings (SSSR count). The Morgan fingerprint density at radius 3 is 2.20 bits per heavy atom. The molecule has 2 aliphatic heterocycles. The van der Waals surface area contributed by atoms with Crippen molar-refractivity contribution in [3.05, 3.63) is 24.3 Å². The van der Waals surface area contributed by atoms with Crippen LogP contribution in [-0.2, 0) is 0 Å². The topological polar surface area (TPSA) is 44.8 Å². The standard InChI is InChI=1S/C20H31N3O2/c1-5-11-21-18(24)23-14-19(3)12-22(13-20(19,4)15-23)16-7-9-17(10-8-16)25-6-2/h7-10H,5-6,11-15H2,1-4H3,(H,21,24)/t19-,20+. The van der Waals surface area contributed by atoms with Crippen LogP contribution in [0.4, 0.5) is 10.5 Å². The average Bonchev–Trinajstić information content (AvgIpc) is 2.98. The molecule has 1 aromatic carbocycles. The van der Waals surface area contributed by atoms with Crippen LogP contribution in [-0.4, -0.2) is 50.3 Å². The highest BCUT2D eigenvalue weighted by molar-refractivity contribution is 5.75. The van der Waals surface area contributed by atoms with E-state index in [4.69, 9.17) is 4.74 Å². The predicted octanol–water partition coefficient (Wildman–Crippen LogP) is 3.35. The molecule has 0 spiro atoms. The number of likely N-dealkylation sites (tertiary alicyclic amines) is 1. The predicted molar refractivity (Wildman–Crippen MR) is 101 cm³/mol. The van der Waals surface area contributed by atoms with Gasteiger partial charge in [-0.25, -0.2) is 4.79 Å². The number of nitrogens with zero attached hydrogens (tertiary/aromatic N) is 2. The molecule has 2 amide bonds. The molecule has 138 valence electrons. The fourth-order valence-electron chi connectivity index (χ4n) is 4.25. The third kappa shape index (κ3) is 3.29. The van der Waals surface area contributed by atoms with E-state index in [0.29, 0.717) is 6.61 Å². The second-order valence-corrected chi connectivity index (χ2v) is 7.99. The minimum absolute atomic E-state index is 0.0892. The highest BCUT2D eigenvalue weighted by Gasteiger charge is 2.58. The lowest BCUT2D eigenvalue weighted by atomic mass is 9.71. The van der Waals surface area contributed by atoms with Crippen molar-refractivity contribution < 1.29 is 9.53 Å². The summed E-state index contributed by atoms with van der Waals surface area (Å²) in [6.07, 6.45) is 0.972.